The lowest BCUT2D eigenvalue weighted by atomic mass is 10.0. The van der Waals surface area contributed by atoms with Crippen molar-refractivity contribution >= 4 is 34.6 Å². The third-order valence-electron chi connectivity index (χ3n) is 8.46. The summed E-state index contributed by atoms with van der Waals surface area (Å²) in [7, 11) is 0. The Kier molecular flexibility index (Phi) is 15.8. The van der Waals surface area contributed by atoms with Crippen LogP contribution in [0.1, 0.15) is 37.0 Å². The van der Waals surface area contributed by atoms with Crippen LogP contribution in [0.4, 0.5) is 4.39 Å². The van der Waals surface area contributed by atoms with E-state index in [0.29, 0.717) is 58.8 Å². The van der Waals surface area contributed by atoms with Gasteiger partial charge in [-0.3, -0.25) is 14.9 Å². The van der Waals surface area contributed by atoms with E-state index < -0.39 is 36.4 Å². The molecule has 0 radical (unpaired) electrons. The number of ether oxygens (including phenoxy) is 5. The Morgan fingerprint density at radius 3 is 2.27 bits per heavy atom. The number of aliphatic hydroxyl groups excluding tert-OH is 2. The van der Waals surface area contributed by atoms with E-state index in [9.17, 15) is 19.8 Å². The van der Waals surface area contributed by atoms with Crippen LogP contribution in [0, 0.1) is 5.82 Å². The molecule has 0 bridgehead atoms. The van der Waals surface area contributed by atoms with Gasteiger partial charge in [-0.15, -0.1) is 0 Å². The van der Waals surface area contributed by atoms with Crippen molar-refractivity contribution in [3.63, 3.8) is 0 Å². The Balaban J connectivity index is 1.27. The zero-order valence-electron chi connectivity index (χ0n) is 31.0. The van der Waals surface area contributed by atoms with E-state index in [4.69, 9.17) is 39.9 Å². The third-order valence-corrected chi connectivity index (χ3v) is 8.76. The van der Waals surface area contributed by atoms with Gasteiger partial charge in [0, 0.05) is 29.3 Å². The van der Waals surface area contributed by atoms with Crippen LogP contribution >= 0.6 is 11.6 Å². The lowest BCUT2D eigenvalue weighted by molar-refractivity contribution is -0.147. The molecule has 0 saturated carbocycles. The van der Waals surface area contributed by atoms with Crippen molar-refractivity contribution in [1.82, 2.24) is 20.9 Å². The van der Waals surface area contributed by atoms with Crippen molar-refractivity contribution in [3.05, 3.63) is 100 Å². The Labute approximate surface area is 327 Å². The minimum Gasteiger partial charge on any atom is -0.494 e. The number of hydrogen-bond acceptors (Lipinski definition) is 14. The molecular weight excluding hydrogens is 751 g/mol. The minimum atomic E-state index is -0.978. The van der Waals surface area contributed by atoms with Crippen molar-refractivity contribution in [1.29, 1.82) is 0 Å². The highest BCUT2D eigenvalue weighted by molar-refractivity contribution is 6.32. The van der Waals surface area contributed by atoms with Crippen LogP contribution in [-0.2, 0) is 38.8 Å². The van der Waals surface area contributed by atoms with E-state index in [0.717, 1.165) is 5.56 Å². The lowest BCUT2D eigenvalue weighted by Crippen LogP contribution is -2.41. The van der Waals surface area contributed by atoms with Crippen molar-refractivity contribution < 1.29 is 52.5 Å². The average molecular weight is 795 g/mol. The number of fused-ring (bicyclic) bond motifs is 1. The smallest absolute Gasteiger partial charge is 0.325 e. The van der Waals surface area contributed by atoms with Crippen LogP contribution in [0.3, 0.4) is 0 Å². The third kappa shape index (κ3) is 11.4. The highest BCUT2D eigenvalue weighted by Crippen LogP contribution is 2.35. The molecule has 14 nitrogen and oxygen atoms in total. The molecule has 2 atom stereocenters. The number of carbonyl (C=O) groups excluding carboxylic acids is 2. The summed E-state index contributed by atoms with van der Waals surface area (Å²) in [6.45, 7) is 3.67. The molecular formula is C40H44ClFN4O10. The first-order valence-electron chi connectivity index (χ1n) is 18.1. The fraction of sp³-hybridized carbons (Fsp3) is 0.350. The predicted molar refractivity (Wildman–Crippen MR) is 204 cm³/mol. The summed E-state index contributed by atoms with van der Waals surface area (Å²) in [4.78, 5) is 24.2. The largest absolute Gasteiger partial charge is 0.494 e. The van der Waals surface area contributed by atoms with Crippen molar-refractivity contribution in [2.24, 2.45) is 0 Å². The molecule has 1 unspecified atom stereocenters. The molecule has 0 aliphatic carbocycles. The topological polar surface area (TPSA) is 184 Å². The first-order chi connectivity index (χ1) is 27.2. The van der Waals surface area contributed by atoms with Crippen LogP contribution < -0.4 is 24.8 Å². The monoisotopic (exact) mass is 794 g/mol. The summed E-state index contributed by atoms with van der Waals surface area (Å²) >= 11 is 6.68. The van der Waals surface area contributed by atoms with Crippen molar-refractivity contribution in [2.45, 2.75) is 52.1 Å². The quantitative estimate of drug-likeness (QED) is 0.0534. The molecule has 0 amide bonds. The molecule has 5 rings (SSSR count). The van der Waals surface area contributed by atoms with E-state index in [-0.39, 0.29) is 55.9 Å². The van der Waals surface area contributed by atoms with E-state index in [1.807, 2.05) is 6.07 Å². The molecule has 0 aliphatic rings. The second-order valence-electron chi connectivity index (χ2n) is 12.4. The zero-order valence-corrected chi connectivity index (χ0v) is 31.7. The van der Waals surface area contributed by atoms with Gasteiger partial charge in [0.25, 0.3) is 0 Å². The molecule has 16 heteroatoms. The summed E-state index contributed by atoms with van der Waals surface area (Å²) in [5.41, 5.74) is 3.71. The fourth-order valence-electron chi connectivity index (χ4n) is 5.56. The lowest BCUT2D eigenvalue weighted by Gasteiger charge is -2.19. The molecule has 0 aliphatic heterocycles. The van der Waals surface area contributed by atoms with Gasteiger partial charge in [-0.1, -0.05) is 48.0 Å². The van der Waals surface area contributed by atoms with Gasteiger partial charge in [0.2, 0.25) is 0 Å². The molecule has 0 fully saturated rings. The normalized spacial score (nSPS) is 12.2. The number of hydrogen-bond donors (Lipinski definition) is 4. The van der Waals surface area contributed by atoms with E-state index in [2.05, 4.69) is 20.9 Å². The summed E-state index contributed by atoms with van der Waals surface area (Å²) in [5.74, 6) is -0.469. The van der Waals surface area contributed by atoms with Gasteiger partial charge in [-0.05, 0) is 78.6 Å². The van der Waals surface area contributed by atoms with Crippen LogP contribution in [0.2, 0.25) is 5.02 Å². The molecule has 0 saturated heterocycles. The molecule has 0 spiro atoms. The van der Waals surface area contributed by atoms with Crippen molar-refractivity contribution in [2.75, 3.05) is 39.6 Å². The second kappa shape index (κ2) is 21.1. The summed E-state index contributed by atoms with van der Waals surface area (Å²) in [6.07, 6.45) is 0.543. The van der Waals surface area contributed by atoms with E-state index in [1.165, 1.54) is 0 Å². The van der Waals surface area contributed by atoms with Gasteiger partial charge >= 0.3 is 11.9 Å². The van der Waals surface area contributed by atoms with Crippen LogP contribution in [0.25, 0.3) is 22.2 Å². The number of halogens is 2. The second-order valence-corrected chi connectivity index (χ2v) is 12.8. The van der Waals surface area contributed by atoms with E-state index >= 15 is 4.39 Å². The van der Waals surface area contributed by atoms with E-state index in [1.54, 1.807) is 80.6 Å². The highest BCUT2D eigenvalue weighted by atomic mass is 35.5. The number of benzene rings is 4. The maximum Gasteiger partial charge on any atom is 0.325 e. The molecule has 56 heavy (non-hydrogen) atoms. The van der Waals surface area contributed by atoms with Gasteiger partial charge in [0.15, 0.2) is 0 Å². The Morgan fingerprint density at radius 1 is 0.804 bits per heavy atom. The number of carbonyl (C=O) groups is 2. The minimum absolute atomic E-state index is 0.0849. The number of aromatic nitrogens is 2. The van der Waals surface area contributed by atoms with Gasteiger partial charge in [-0.25, -0.2) is 9.02 Å². The SMILES string of the molecule is CCOC(=O)C(CO)NCCCOc1cccc(-c2cccc(COc3cc(OCc4ccc5nonc5c4)c(CN[C@H](CO)C(=O)OCC)cc3Cl)c2F)c1. The summed E-state index contributed by atoms with van der Waals surface area (Å²) in [5, 5.41) is 33.1. The maximum absolute atomic E-state index is 16.0. The molecule has 4 aromatic carbocycles. The molecule has 1 aromatic heterocycles. The molecule has 4 N–H and O–H groups in total. The molecule has 298 valence electrons. The Hall–Kier alpha value is -5.32. The predicted octanol–water partition coefficient (Wildman–Crippen LogP) is 5.14. The number of esters is 2. The number of nitrogens with one attached hydrogen (secondary N) is 2. The molecule has 1 heterocycles. The van der Waals surface area contributed by atoms with Crippen LogP contribution in [-0.4, -0.2) is 84.1 Å². The van der Waals surface area contributed by atoms with Gasteiger partial charge in [0.1, 0.15) is 59.4 Å². The average Bonchev–Trinajstić information content (AvgIpc) is 3.67. The highest BCUT2D eigenvalue weighted by Gasteiger charge is 2.21. The first-order valence-corrected chi connectivity index (χ1v) is 18.4. The van der Waals surface area contributed by atoms with Crippen molar-refractivity contribution in [3.8, 4) is 28.4 Å². The standard InChI is InChI=1S/C40H44ClFN4O10/c1-3-51-39(49)34(21-47)43-14-7-15-53-29-10-5-8-26(17-29)30-11-6-9-27(38(30)42)24-55-37-19-36(54-23-25-12-13-32-33(16-25)46-56-45-32)28(18-31(37)41)20-44-35(22-48)40(50)52-4-2/h5-6,8-13,16-19,34-35,43-44,47-48H,3-4,7,14-15,20-24H2,1-2H3/t34?,35-/m1/s1. The number of aliphatic hydroxyl groups is 2. The zero-order chi connectivity index (χ0) is 39.9. The molecule has 5 aromatic rings. The Bertz CT molecular complexity index is 2070. The van der Waals surface area contributed by atoms with Gasteiger partial charge < -0.3 is 39.2 Å². The first kappa shape index (κ1) is 41.8. The van der Waals surface area contributed by atoms with Crippen LogP contribution in [0.5, 0.6) is 17.2 Å². The summed E-state index contributed by atoms with van der Waals surface area (Å²) < 4.78 is 48.9. The summed E-state index contributed by atoms with van der Waals surface area (Å²) in [6, 6.07) is 18.8. The van der Waals surface area contributed by atoms with Gasteiger partial charge in [0.05, 0.1) is 38.1 Å². The fourth-order valence-corrected chi connectivity index (χ4v) is 5.80. The maximum atomic E-state index is 16.0. The number of nitrogens with zero attached hydrogens (tertiary/aromatic N) is 2. The Morgan fingerprint density at radius 2 is 1.52 bits per heavy atom. The number of rotatable bonds is 22. The van der Waals surface area contributed by atoms with Gasteiger partial charge in [-0.2, -0.15) is 0 Å². The van der Waals surface area contributed by atoms with Crippen LogP contribution in [0.15, 0.2) is 77.4 Å².